The van der Waals surface area contributed by atoms with Gasteiger partial charge in [0.15, 0.2) is 0 Å². The summed E-state index contributed by atoms with van der Waals surface area (Å²) in [6.07, 6.45) is 9.59. The summed E-state index contributed by atoms with van der Waals surface area (Å²) in [6.45, 7) is 0.985. The zero-order chi connectivity index (χ0) is 10.2. The number of hydrogen-bond acceptors (Lipinski definition) is 2. The topological polar surface area (TPSA) is 55.6 Å². The van der Waals surface area contributed by atoms with E-state index in [1.807, 2.05) is 0 Å². The van der Waals surface area contributed by atoms with Crippen LogP contribution in [0.25, 0.3) is 0 Å². The lowest BCUT2D eigenvalue weighted by molar-refractivity contribution is -0.118. The fourth-order valence-corrected chi connectivity index (χ4v) is 1.61. The van der Waals surface area contributed by atoms with Gasteiger partial charge in [0.25, 0.3) is 0 Å². The minimum atomic E-state index is -0.170. The number of carbonyl (C=O) groups excluding carboxylic acids is 1. The summed E-state index contributed by atoms with van der Waals surface area (Å²) >= 11 is 0. The zero-order valence-electron chi connectivity index (χ0n) is 8.84. The highest BCUT2D eigenvalue weighted by Crippen LogP contribution is 2.18. The maximum absolute atomic E-state index is 10.4. The summed E-state index contributed by atoms with van der Waals surface area (Å²) in [4.78, 5) is 10.4. The van der Waals surface area contributed by atoms with Crippen LogP contribution in [0.2, 0.25) is 0 Å². The number of amides is 1. The van der Waals surface area contributed by atoms with Crippen molar-refractivity contribution in [1.29, 1.82) is 0 Å². The Balaban J connectivity index is 1.68. The highest BCUT2D eigenvalue weighted by Gasteiger charge is 2.20. The molecule has 1 rings (SSSR count). The molecule has 3 heteroatoms. The number of ether oxygens (including phenoxy) is 1. The SMILES string of the molecule is NC(=O)CCCCCCCCC1CO1. The van der Waals surface area contributed by atoms with E-state index in [1.54, 1.807) is 0 Å². The molecule has 1 atom stereocenters. The van der Waals surface area contributed by atoms with Gasteiger partial charge in [-0.1, -0.05) is 32.1 Å². The van der Waals surface area contributed by atoms with E-state index in [9.17, 15) is 4.79 Å². The predicted molar refractivity (Wildman–Crippen MR) is 55.9 cm³/mol. The van der Waals surface area contributed by atoms with E-state index >= 15 is 0 Å². The van der Waals surface area contributed by atoms with Crippen LogP contribution in [0.1, 0.15) is 51.4 Å². The molecule has 1 aliphatic heterocycles. The first-order chi connectivity index (χ1) is 6.79. The first kappa shape index (κ1) is 11.5. The number of hydrogen-bond donors (Lipinski definition) is 1. The van der Waals surface area contributed by atoms with E-state index in [-0.39, 0.29) is 5.91 Å². The minimum Gasteiger partial charge on any atom is -0.373 e. The van der Waals surface area contributed by atoms with E-state index in [2.05, 4.69) is 0 Å². The Morgan fingerprint density at radius 2 is 1.71 bits per heavy atom. The smallest absolute Gasteiger partial charge is 0.217 e. The van der Waals surface area contributed by atoms with Gasteiger partial charge in [-0.15, -0.1) is 0 Å². The number of carbonyl (C=O) groups is 1. The number of rotatable bonds is 9. The molecular formula is C11H21NO2. The van der Waals surface area contributed by atoms with Crippen LogP contribution in [-0.4, -0.2) is 18.6 Å². The fraction of sp³-hybridized carbons (Fsp3) is 0.909. The average molecular weight is 199 g/mol. The third-order valence-electron chi connectivity index (χ3n) is 2.60. The maximum Gasteiger partial charge on any atom is 0.217 e. The molecule has 14 heavy (non-hydrogen) atoms. The summed E-state index contributed by atoms with van der Waals surface area (Å²) in [5.41, 5.74) is 5.04. The first-order valence-electron chi connectivity index (χ1n) is 5.69. The van der Waals surface area contributed by atoms with Crippen LogP contribution >= 0.6 is 0 Å². The molecule has 0 aromatic rings. The minimum absolute atomic E-state index is 0.170. The monoisotopic (exact) mass is 199 g/mol. The molecule has 0 bridgehead atoms. The summed E-state index contributed by atoms with van der Waals surface area (Å²) in [5, 5.41) is 0. The second-order valence-corrected chi connectivity index (χ2v) is 4.08. The lowest BCUT2D eigenvalue weighted by atomic mass is 10.1. The molecule has 82 valence electrons. The maximum atomic E-state index is 10.4. The fourth-order valence-electron chi connectivity index (χ4n) is 1.61. The molecule has 0 aromatic heterocycles. The highest BCUT2D eigenvalue weighted by atomic mass is 16.6. The van der Waals surface area contributed by atoms with Crippen LogP contribution in [-0.2, 0) is 9.53 Å². The molecular weight excluding hydrogens is 178 g/mol. The summed E-state index contributed by atoms with van der Waals surface area (Å²) in [6, 6.07) is 0. The van der Waals surface area contributed by atoms with Crippen LogP contribution in [0.15, 0.2) is 0 Å². The van der Waals surface area contributed by atoms with Crippen LogP contribution in [0, 0.1) is 0 Å². The van der Waals surface area contributed by atoms with E-state index in [0.717, 1.165) is 19.4 Å². The van der Waals surface area contributed by atoms with Gasteiger partial charge in [-0.25, -0.2) is 0 Å². The molecule has 1 aliphatic rings. The molecule has 0 spiro atoms. The normalized spacial score (nSPS) is 19.6. The van der Waals surface area contributed by atoms with Gasteiger partial charge in [-0.05, 0) is 12.8 Å². The van der Waals surface area contributed by atoms with Crippen molar-refractivity contribution >= 4 is 5.91 Å². The van der Waals surface area contributed by atoms with Gasteiger partial charge >= 0.3 is 0 Å². The second-order valence-electron chi connectivity index (χ2n) is 4.08. The van der Waals surface area contributed by atoms with E-state index in [4.69, 9.17) is 10.5 Å². The molecule has 1 amide bonds. The van der Waals surface area contributed by atoms with Gasteiger partial charge in [0.05, 0.1) is 12.7 Å². The zero-order valence-corrected chi connectivity index (χ0v) is 8.84. The van der Waals surface area contributed by atoms with Crippen molar-refractivity contribution in [1.82, 2.24) is 0 Å². The van der Waals surface area contributed by atoms with Crippen molar-refractivity contribution in [2.24, 2.45) is 5.73 Å². The Morgan fingerprint density at radius 1 is 1.14 bits per heavy atom. The van der Waals surface area contributed by atoms with Crippen molar-refractivity contribution in [2.45, 2.75) is 57.5 Å². The summed E-state index contributed by atoms with van der Waals surface area (Å²) in [5.74, 6) is -0.170. The average Bonchev–Trinajstić information content (AvgIpc) is 2.92. The van der Waals surface area contributed by atoms with Gasteiger partial charge < -0.3 is 10.5 Å². The Hall–Kier alpha value is -0.570. The molecule has 3 nitrogen and oxygen atoms in total. The second kappa shape index (κ2) is 6.82. The van der Waals surface area contributed by atoms with Crippen LogP contribution in [0.3, 0.4) is 0 Å². The molecule has 2 N–H and O–H groups in total. The van der Waals surface area contributed by atoms with E-state index < -0.39 is 0 Å². The van der Waals surface area contributed by atoms with Gasteiger partial charge in [0, 0.05) is 6.42 Å². The van der Waals surface area contributed by atoms with Crippen molar-refractivity contribution in [2.75, 3.05) is 6.61 Å². The number of epoxide rings is 1. The molecule has 0 saturated carbocycles. The van der Waals surface area contributed by atoms with Crippen LogP contribution in [0.4, 0.5) is 0 Å². The third-order valence-corrected chi connectivity index (χ3v) is 2.60. The van der Waals surface area contributed by atoms with E-state index in [0.29, 0.717) is 12.5 Å². The van der Waals surface area contributed by atoms with Crippen molar-refractivity contribution in [3.05, 3.63) is 0 Å². The van der Waals surface area contributed by atoms with E-state index in [1.165, 1.54) is 32.1 Å². The Kier molecular flexibility index (Phi) is 5.60. The molecule has 1 heterocycles. The van der Waals surface area contributed by atoms with Gasteiger partial charge in [0.2, 0.25) is 5.91 Å². The molecule has 0 radical (unpaired) electrons. The standard InChI is InChI=1S/C11H21NO2/c12-11(13)8-6-4-2-1-3-5-7-10-9-14-10/h10H,1-9H2,(H2,12,13). The largest absolute Gasteiger partial charge is 0.373 e. The summed E-state index contributed by atoms with van der Waals surface area (Å²) in [7, 11) is 0. The van der Waals surface area contributed by atoms with Crippen molar-refractivity contribution < 1.29 is 9.53 Å². The predicted octanol–water partition coefficient (Wildman–Crippen LogP) is 1.99. The molecule has 1 unspecified atom stereocenters. The quantitative estimate of drug-likeness (QED) is 0.456. The lowest BCUT2D eigenvalue weighted by Gasteiger charge is -1.99. The Labute approximate surface area is 86.0 Å². The highest BCUT2D eigenvalue weighted by molar-refractivity contribution is 5.73. The number of primary amides is 1. The van der Waals surface area contributed by atoms with Gasteiger partial charge in [-0.3, -0.25) is 4.79 Å². The molecule has 1 saturated heterocycles. The third kappa shape index (κ3) is 6.89. The van der Waals surface area contributed by atoms with Gasteiger partial charge in [0.1, 0.15) is 0 Å². The van der Waals surface area contributed by atoms with Crippen LogP contribution in [0.5, 0.6) is 0 Å². The Bertz CT molecular complexity index is 167. The first-order valence-corrected chi connectivity index (χ1v) is 5.69. The van der Waals surface area contributed by atoms with Crippen LogP contribution < -0.4 is 5.73 Å². The molecule has 0 aliphatic carbocycles. The summed E-state index contributed by atoms with van der Waals surface area (Å²) < 4.78 is 5.13. The number of unbranched alkanes of at least 4 members (excludes halogenated alkanes) is 5. The van der Waals surface area contributed by atoms with Gasteiger partial charge in [-0.2, -0.15) is 0 Å². The lowest BCUT2D eigenvalue weighted by Crippen LogP contribution is -2.09. The van der Waals surface area contributed by atoms with Crippen molar-refractivity contribution in [3.63, 3.8) is 0 Å². The molecule has 1 fully saturated rings. The Morgan fingerprint density at radius 3 is 2.29 bits per heavy atom. The molecule has 0 aromatic carbocycles. The number of nitrogens with two attached hydrogens (primary N) is 1. The van der Waals surface area contributed by atoms with Crippen molar-refractivity contribution in [3.8, 4) is 0 Å².